The summed E-state index contributed by atoms with van der Waals surface area (Å²) in [6, 6.07) is 0. The monoisotopic (exact) mass is 334 g/mol. The Morgan fingerprint density at radius 3 is 1.09 bits per heavy atom. The van der Waals surface area contributed by atoms with E-state index in [1.165, 1.54) is 0 Å². The van der Waals surface area contributed by atoms with Gasteiger partial charge in [-0.1, -0.05) is 0 Å². The van der Waals surface area contributed by atoms with Crippen LogP contribution in [-0.2, 0) is 33.2 Å². The molecule has 2 unspecified atom stereocenters. The summed E-state index contributed by atoms with van der Waals surface area (Å²) in [4.78, 5) is 0. The van der Waals surface area contributed by atoms with Crippen molar-refractivity contribution in [3.8, 4) is 0 Å². The lowest BCUT2D eigenvalue weighted by Gasteiger charge is -2.09. The van der Waals surface area contributed by atoms with Crippen LogP contribution in [-0.4, -0.2) is 90.5 Å². The molecule has 0 aromatic carbocycles. The third kappa shape index (κ3) is 9.56. The molecule has 0 spiro atoms. The molecule has 7 nitrogen and oxygen atoms in total. The van der Waals surface area contributed by atoms with Crippen LogP contribution in [0.5, 0.6) is 0 Å². The highest BCUT2D eigenvalue weighted by atomic mass is 16.6. The van der Waals surface area contributed by atoms with Gasteiger partial charge in [-0.25, -0.2) is 0 Å². The number of hydrogen-bond donors (Lipinski definition) is 0. The SMILES string of the molecule is CC1(COCCOCCOCCOCCOCC2(C)CO2)CO1. The Bertz CT molecular complexity index is 286. The van der Waals surface area contributed by atoms with E-state index in [1.807, 2.05) is 13.8 Å². The maximum Gasteiger partial charge on any atom is 0.112 e. The molecule has 2 saturated heterocycles. The highest BCUT2D eigenvalue weighted by Crippen LogP contribution is 2.26. The summed E-state index contributed by atoms with van der Waals surface area (Å²) in [5.41, 5.74) is -0.0877. The number of epoxide rings is 2. The van der Waals surface area contributed by atoms with E-state index in [2.05, 4.69) is 0 Å². The third-order valence-corrected chi connectivity index (χ3v) is 3.58. The number of rotatable bonds is 16. The second-order valence-corrected chi connectivity index (χ2v) is 6.42. The molecular weight excluding hydrogens is 304 g/mol. The molecule has 136 valence electrons. The summed E-state index contributed by atoms with van der Waals surface area (Å²) in [5.74, 6) is 0. The first-order valence-electron chi connectivity index (χ1n) is 8.29. The van der Waals surface area contributed by atoms with E-state index >= 15 is 0 Å². The maximum absolute atomic E-state index is 5.45. The van der Waals surface area contributed by atoms with Crippen molar-refractivity contribution < 1.29 is 33.2 Å². The van der Waals surface area contributed by atoms with Gasteiger partial charge in [0.1, 0.15) is 11.2 Å². The minimum Gasteiger partial charge on any atom is -0.377 e. The van der Waals surface area contributed by atoms with Crippen molar-refractivity contribution in [2.24, 2.45) is 0 Å². The largest absolute Gasteiger partial charge is 0.377 e. The van der Waals surface area contributed by atoms with E-state index in [4.69, 9.17) is 33.2 Å². The Hall–Kier alpha value is -0.280. The molecule has 0 aromatic rings. The lowest BCUT2D eigenvalue weighted by Crippen LogP contribution is -2.18. The third-order valence-electron chi connectivity index (χ3n) is 3.58. The first-order valence-corrected chi connectivity index (χ1v) is 8.29. The van der Waals surface area contributed by atoms with Crippen LogP contribution >= 0.6 is 0 Å². The van der Waals surface area contributed by atoms with E-state index in [1.54, 1.807) is 0 Å². The van der Waals surface area contributed by atoms with Crippen LogP contribution in [0.1, 0.15) is 13.8 Å². The minimum atomic E-state index is -0.0439. The van der Waals surface area contributed by atoms with Gasteiger partial charge in [0.2, 0.25) is 0 Å². The topological polar surface area (TPSA) is 71.2 Å². The minimum absolute atomic E-state index is 0.0439. The molecule has 2 aliphatic heterocycles. The van der Waals surface area contributed by atoms with Crippen LogP contribution in [0.3, 0.4) is 0 Å². The zero-order chi connectivity index (χ0) is 16.4. The second kappa shape index (κ2) is 9.88. The van der Waals surface area contributed by atoms with Crippen molar-refractivity contribution in [3.05, 3.63) is 0 Å². The van der Waals surface area contributed by atoms with Gasteiger partial charge in [0, 0.05) is 0 Å². The van der Waals surface area contributed by atoms with Gasteiger partial charge in [-0.3, -0.25) is 0 Å². The van der Waals surface area contributed by atoms with E-state index in [0.29, 0.717) is 66.1 Å². The Kier molecular flexibility index (Phi) is 8.18. The van der Waals surface area contributed by atoms with Crippen molar-refractivity contribution in [2.45, 2.75) is 25.0 Å². The Morgan fingerprint density at radius 2 is 0.826 bits per heavy atom. The first kappa shape index (κ1) is 19.1. The first-order chi connectivity index (χ1) is 11.1. The summed E-state index contributed by atoms with van der Waals surface area (Å²) in [6.45, 7) is 11.6. The van der Waals surface area contributed by atoms with Gasteiger partial charge in [-0.15, -0.1) is 0 Å². The summed E-state index contributed by atoms with van der Waals surface area (Å²) in [6.07, 6.45) is 0. The second-order valence-electron chi connectivity index (χ2n) is 6.42. The van der Waals surface area contributed by atoms with E-state index < -0.39 is 0 Å². The van der Waals surface area contributed by atoms with Crippen LogP contribution in [0.2, 0.25) is 0 Å². The molecule has 2 aliphatic rings. The molecule has 0 radical (unpaired) electrons. The van der Waals surface area contributed by atoms with Gasteiger partial charge >= 0.3 is 0 Å². The fraction of sp³-hybridized carbons (Fsp3) is 1.00. The molecule has 0 saturated carbocycles. The van der Waals surface area contributed by atoms with Crippen molar-refractivity contribution >= 4 is 0 Å². The molecule has 0 aromatic heterocycles. The summed E-state index contributed by atoms with van der Waals surface area (Å²) >= 11 is 0. The molecule has 2 atom stereocenters. The standard InChI is InChI=1S/C16H30O7/c1-15(13-22-15)11-20-9-7-18-5-3-17-4-6-19-8-10-21-12-16(2)14-23-16/h3-14H2,1-2H3. The summed E-state index contributed by atoms with van der Waals surface area (Å²) < 4.78 is 37.5. The summed E-state index contributed by atoms with van der Waals surface area (Å²) in [5, 5.41) is 0. The zero-order valence-corrected chi connectivity index (χ0v) is 14.3. The van der Waals surface area contributed by atoms with E-state index in [9.17, 15) is 0 Å². The number of hydrogen-bond acceptors (Lipinski definition) is 7. The molecule has 0 amide bonds. The van der Waals surface area contributed by atoms with Gasteiger partial charge in [-0.05, 0) is 13.8 Å². The Balaban J connectivity index is 1.20. The van der Waals surface area contributed by atoms with Crippen LogP contribution in [0.15, 0.2) is 0 Å². The quantitative estimate of drug-likeness (QED) is 0.303. The molecule has 0 bridgehead atoms. The van der Waals surface area contributed by atoms with Gasteiger partial charge < -0.3 is 33.2 Å². The van der Waals surface area contributed by atoms with Gasteiger partial charge in [0.05, 0.1) is 79.3 Å². The van der Waals surface area contributed by atoms with E-state index in [0.717, 1.165) is 13.2 Å². The molecule has 2 fully saturated rings. The number of ether oxygens (including phenoxy) is 7. The van der Waals surface area contributed by atoms with Crippen molar-refractivity contribution in [1.29, 1.82) is 0 Å². The highest BCUT2D eigenvalue weighted by Gasteiger charge is 2.39. The van der Waals surface area contributed by atoms with Crippen LogP contribution in [0.4, 0.5) is 0 Å². The summed E-state index contributed by atoms with van der Waals surface area (Å²) in [7, 11) is 0. The smallest absolute Gasteiger partial charge is 0.112 e. The Morgan fingerprint density at radius 1 is 0.565 bits per heavy atom. The molecule has 2 rings (SSSR count). The van der Waals surface area contributed by atoms with Crippen LogP contribution in [0, 0.1) is 0 Å². The maximum atomic E-state index is 5.45. The molecule has 23 heavy (non-hydrogen) atoms. The van der Waals surface area contributed by atoms with Gasteiger partial charge in [-0.2, -0.15) is 0 Å². The zero-order valence-electron chi connectivity index (χ0n) is 14.3. The van der Waals surface area contributed by atoms with Crippen molar-refractivity contribution in [1.82, 2.24) is 0 Å². The van der Waals surface area contributed by atoms with Gasteiger partial charge in [0.15, 0.2) is 0 Å². The highest BCUT2D eigenvalue weighted by molar-refractivity contribution is 4.86. The molecule has 2 heterocycles. The molecule has 0 N–H and O–H groups in total. The fourth-order valence-electron chi connectivity index (χ4n) is 1.77. The predicted octanol–water partition coefficient (Wildman–Crippen LogP) is 0.647. The predicted molar refractivity (Wildman–Crippen MR) is 82.8 cm³/mol. The van der Waals surface area contributed by atoms with E-state index in [-0.39, 0.29) is 11.2 Å². The van der Waals surface area contributed by atoms with Crippen LogP contribution in [0.25, 0.3) is 0 Å². The van der Waals surface area contributed by atoms with Crippen molar-refractivity contribution in [2.75, 3.05) is 79.3 Å². The fourth-order valence-corrected chi connectivity index (χ4v) is 1.77. The molecule has 7 heteroatoms. The van der Waals surface area contributed by atoms with Gasteiger partial charge in [0.25, 0.3) is 0 Å². The van der Waals surface area contributed by atoms with Crippen LogP contribution < -0.4 is 0 Å². The lowest BCUT2D eigenvalue weighted by atomic mass is 10.2. The Labute approximate surface area is 138 Å². The average molecular weight is 334 g/mol. The normalized spacial score (nSPS) is 29.0. The molecular formula is C16H30O7. The van der Waals surface area contributed by atoms with Crippen molar-refractivity contribution in [3.63, 3.8) is 0 Å². The average Bonchev–Trinajstić information content (AvgIpc) is 3.44. The molecule has 0 aliphatic carbocycles. The lowest BCUT2D eigenvalue weighted by molar-refractivity contribution is -0.0171.